The molecule has 0 radical (unpaired) electrons. The second-order valence-electron chi connectivity index (χ2n) is 5.42. The van der Waals surface area contributed by atoms with Crippen LogP contribution in [0.2, 0.25) is 0 Å². The van der Waals surface area contributed by atoms with Crippen LogP contribution in [0.4, 0.5) is 13.2 Å². The minimum atomic E-state index is -4.47. The third-order valence-corrected chi connectivity index (χ3v) is 3.76. The van der Waals surface area contributed by atoms with E-state index in [1.54, 1.807) is 0 Å². The van der Waals surface area contributed by atoms with Gasteiger partial charge < -0.3 is 10.1 Å². The number of nitrogens with one attached hydrogen (secondary N) is 1. The largest absolute Gasteiger partial charge is 0.463 e. The van der Waals surface area contributed by atoms with Crippen LogP contribution in [0.1, 0.15) is 24.0 Å². The van der Waals surface area contributed by atoms with Gasteiger partial charge in [0.25, 0.3) is 0 Å². The number of hydrogen-bond donors (Lipinski definition) is 1. The third-order valence-electron chi connectivity index (χ3n) is 3.62. The minimum absolute atomic E-state index is 0.128. The second kappa shape index (κ2) is 5.92. The molecule has 122 valence electrons. The van der Waals surface area contributed by atoms with Gasteiger partial charge in [-0.15, -0.1) is 0 Å². The van der Waals surface area contributed by atoms with E-state index in [-0.39, 0.29) is 23.1 Å². The van der Waals surface area contributed by atoms with Crippen LogP contribution in [0.25, 0.3) is 5.57 Å². The van der Waals surface area contributed by atoms with Crippen LogP contribution in [0.3, 0.4) is 0 Å². The first-order chi connectivity index (χ1) is 10.9. The predicted octanol–water partition coefficient (Wildman–Crippen LogP) is 3.85. The van der Waals surface area contributed by atoms with E-state index in [1.165, 1.54) is 18.2 Å². The zero-order valence-electron chi connectivity index (χ0n) is 11.9. The van der Waals surface area contributed by atoms with Gasteiger partial charge in [0.2, 0.25) is 5.78 Å². The molecule has 3 nitrogen and oxygen atoms in total. The Labute approximate surface area is 135 Å². The van der Waals surface area contributed by atoms with Gasteiger partial charge in [0.1, 0.15) is 0 Å². The molecule has 1 aromatic rings. The molecule has 2 aliphatic rings. The molecule has 1 atom stereocenters. The summed E-state index contributed by atoms with van der Waals surface area (Å²) in [5.41, 5.74) is 0.658. The first kappa shape index (κ1) is 15.9. The molecular formula is C16H13ClF3NO2. The molecule has 0 aromatic heterocycles. The molecule has 1 N–H and O–H groups in total. The molecule has 0 saturated heterocycles. The van der Waals surface area contributed by atoms with Crippen molar-refractivity contribution in [2.45, 2.75) is 31.2 Å². The van der Waals surface area contributed by atoms with E-state index in [4.69, 9.17) is 16.3 Å². The maximum atomic E-state index is 12.9. The number of ketones is 1. The van der Waals surface area contributed by atoms with E-state index in [0.29, 0.717) is 0 Å². The van der Waals surface area contributed by atoms with Crippen molar-refractivity contribution in [2.24, 2.45) is 0 Å². The normalized spacial score (nSPS) is 21.9. The van der Waals surface area contributed by atoms with Crippen LogP contribution in [0.15, 0.2) is 41.8 Å². The zero-order valence-corrected chi connectivity index (χ0v) is 12.6. The molecular weight excluding hydrogens is 331 g/mol. The summed E-state index contributed by atoms with van der Waals surface area (Å²) in [4.78, 5) is 12.5. The monoisotopic (exact) mass is 343 g/mol. The number of alkyl halides is 3. The molecule has 0 spiro atoms. The quantitative estimate of drug-likeness (QED) is 0.902. The third kappa shape index (κ3) is 3.37. The lowest BCUT2D eigenvalue weighted by Crippen LogP contribution is -2.18. The SMILES string of the molecule is O=C1C(c2cccc(C(F)(F)F)c2)=C(NC2CC2)OC1C=CCl. The van der Waals surface area contributed by atoms with Crippen LogP contribution >= 0.6 is 11.6 Å². The minimum Gasteiger partial charge on any atom is -0.463 e. The highest BCUT2D eigenvalue weighted by Gasteiger charge is 2.38. The summed E-state index contributed by atoms with van der Waals surface area (Å²) >= 11 is 5.49. The van der Waals surface area contributed by atoms with Crippen molar-refractivity contribution in [1.29, 1.82) is 0 Å². The van der Waals surface area contributed by atoms with Gasteiger partial charge in [0.15, 0.2) is 12.0 Å². The first-order valence-electron chi connectivity index (χ1n) is 7.06. The van der Waals surface area contributed by atoms with Crippen molar-refractivity contribution in [3.8, 4) is 0 Å². The Morgan fingerprint density at radius 1 is 1.30 bits per heavy atom. The fourth-order valence-electron chi connectivity index (χ4n) is 2.33. The van der Waals surface area contributed by atoms with Crippen molar-refractivity contribution in [1.82, 2.24) is 5.32 Å². The first-order valence-corrected chi connectivity index (χ1v) is 7.50. The van der Waals surface area contributed by atoms with Crippen molar-refractivity contribution >= 4 is 23.0 Å². The standard InChI is InChI=1S/C16H13ClF3NO2/c17-7-6-12-14(22)13(15(23-12)21-11-4-5-11)9-2-1-3-10(8-9)16(18,19)20/h1-3,6-8,11-12,21H,4-5H2. The maximum Gasteiger partial charge on any atom is 0.416 e. The van der Waals surface area contributed by atoms with Gasteiger partial charge in [0, 0.05) is 11.6 Å². The topological polar surface area (TPSA) is 38.3 Å². The Bertz CT molecular complexity index is 693. The van der Waals surface area contributed by atoms with Crippen molar-refractivity contribution < 1.29 is 22.7 Å². The molecule has 1 unspecified atom stereocenters. The summed E-state index contributed by atoms with van der Waals surface area (Å²) in [5, 5.41) is 3.06. The van der Waals surface area contributed by atoms with Crippen LogP contribution < -0.4 is 5.32 Å². The average Bonchev–Trinajstić information content (AvgIpc) is 3.24. The summed E-state index contributed by atoms with van der Waals surface area (Å²) in [7, 11) is 0. The van der Waals surface area contributed by atoms with Gasteiger partial charge >= 0.3 is 6.18 Å². The van der Waals surface area contributed by atoms with E-state index >= 15 is 0 Å². The fraction of sp³-hybridized carbons (Fsp3) is 0.312. The molecule has 23 heavy (non-hydrogen) atoms. The highest BCUT2D eigenvalue weighted by molar-refractivity contribution is 6.28. The molecule has 1 aromatic carbocycles. The number of ether oxygens (including phenoxy) is 1. The Morgan fingerprint density at radius 2 is 2.04 bits per heavy atom. The number of hydrogen-bond acceptors (Lipinski definition) is 3. The van der Waals surface area contributed by atoms with Gasteiger partial charge in [-0.25, -0.2) is 0 Å². The number of Topliss-reactive ketones (excluding diaryl/α,β-unsaturated/α-hetero) is 1. The Hall–Kier alpha value is -1.95. The summed E-state index contributed by atoms with van der Waals surface area (Å²) in [5.74, 6) is -0.194. The molecule has 3 rings (SSSR count). The molecule has 1 aliphatic carbocycles. The lowest BCUT2D eigenvalue weighted by Gasteiger charge is -2.10. The summed E-state index contributed by atoms with van der Waals surface area (Å²) in [6.45, 7) is 0. The van der Waals surface area contributed by atoms with Gasteiger partial charge in [-0.2, -0.15) is 13.2 Å². The number of carbonyl (C=O) groups is 1. The summed E-state index contributed by atoms with van der Waals surface area (Å²) in [6.07, 6.45) is -2.16. The van der Waals surface area contributed by atoms with Gasteiger partial charge in [0.05, 0.1) is 11.1 Å². The highest BCUT2D eigenvalue weighted by Crippen LogP contribution is 2.35. The smallest absolute Gasteiger partial charge is 0.416 e. The maximum absolute atomic E-state index is 12.9. The highest BCUT2D eigenvalue weighted by atomic mass is 35.5. The van der Waals surface area contributed by atoms with Gasteiger partial charge in [-0.1, -0.05) is 23.7 Å². The molecule has 0 bridgehead atoms. The number of halogens is 4. The molecule has 1 fully saturated rings. The Kier molecular flexibility index (Phi) is 4.10. The van der Waals surface area contributed by atoms with Crippen LogP contribution in [-0.2, 0) is 15.7 Å². The van der Waals surface area contributed by atoms with Crippen molar-refractivity contribution in [3.63, 3.8) is 0 Å². The van der Waals surface area contributed by atoms with E-state index in [0.717, 1.165) is 30.5 Å². The Balaban J connectivity index is 2.00. The molecule has 1 aliphatic heterocycles. The summed E-state index contributed by atoms with van der Waals surface area (Å²) < 4.78 is 44.2. The van der Waals surface area contributed by atoms with E-state index in [9.17, 15) is 18.0 Å². The fourth-order valence-corrected chi connectivity index (χ4v) is 2.46. The predicted molar refractivity (Wildman–Crippen MR) is 79.4 cm³/mol. The Morgan fingerprint density at radius 3 is 2.65 bits per heavy atom. The average molecular weight is 344 g/mol. The van der Waals surface area contributed by atoms with Gasteiger partial charge in [-0.05, 0) is 36.6 Å². The van der Waals surface area contributed by atoms with Crippen molar-refractivity contribution in [3.05, 3.63) is 52.9 Å². The number of carbonyl (C=O) groups excluding carboxylic acids is 1. The van der Waals surface area contributed by atoms with E-state index < -0.39 is 23.6 Å². The second-order valence-corrected chi connectivity index (χ2v) is 5.67. The summed E-state index contributed by atoms with van der Waals surface area (Å²) in [6, 6.07) is 4.86. The number of rotatable bonds is 4. The van der Waals surface area contributed by atoms with E-state index in [1.807, 2.05) is 0 Å². The van der Waals surface area contributed by atoms with Gasteiger partial charge in [-0.3, -0.25) is 4.79 Å². The lowest BCUT2D eigenvalue weighted by molar-refractivity contribution is -0.137. The van der Waals surface area contributed by atoms with Crippen LogP contribution in [0.5, 0.6) is 0 Å². The molecule has 0 amide bonds. The van der Waals surface area contributed by atoms with Crippen LogP contribution in [-0.4, -0.2) is 17.9 Å². The van der Waals surface area contributed by atoms with Crippen molar-refractivity contribution in [2.75, 3.05) is 0 Å². The zero-order chi connectivity index (χ0) is 16.6. The number of benzene rings is 1. The van der Waals surface area contributed by atoms with Crippen LogP contribution in [0, 0.1) is 0 Å². The molecule has 1 heterocycles. The van der Waals surface area contributed by atoms with E-state index in [2.05, 4.69) is 5.32 Å². The molecule has 1 saturated carbocycles. The lowest BCUT2D eigenvalue weighted by atomic mass is 9.98. The molecule has 7 heteroatoms.